The number of carbonyl (C=O) groups is 2. The third-order valence-electron chi connectivity index (χ3n) is 1.44. The Morgan fingerprint density at radius 2 is 1.88 bits per heavy atom. The van der Waals surface area contributed by atoms with Crippen molar-refractivity contribution in [3.63, 3.8) is 0 Å². The summed E-state index contributed by atoms with van der Waals surface area (Å²) in [5.41, 5.74) is 1.33. The lowest BCUT2D eigenvalue weighted by Crippen LogP contribution is -2.34. The van der Waals surface area contributed by atoms with Gasteiger partial charge in [0.05, 0.1) is 0 Å². The van der Waals surface area contributed by atoms with Gasteiger partial charge in [0, 0.05) is 6.42 Å². The van der Waals surface area contributed by atoms with Crippen LogP contribution in [0.4, 0.5) is 4.79 Å². The van der Waals surface area contributed by atoms with Gasteiger partial charge in [-0.1, -0.05) is 0 Å². The highest BCUT2D eigenvalue weighted by Gasteiger charge is 2.17. The van der Waals surface area contributed by atoms with Gasteiger partial charge in [0.15, 0.2) is 0 Å². The molecule has 0 atom stereocenters. The molecule has 0 saturated heterocycles. The molecule has 0 radical (unpaired) electrons. The SMILES string of the molecule is CC(C)(C)OC(=O)NOC(=O)CCCCS. The van der Waals surface area contributed by atoms with E-state index in [2.05, 4.69) is 17.5 Å². The van der Waals surface area contributed by atoms with Gasteiger partial charge in [0.1, 0.15) is 5.60 Å². The third kappa shape index (κ3) is 9.64. The number of amides is 1. The average molecular weight is 249 g/mol. The van der Waals surface area contributed by atoms with Crippen LogP contribution in [0.25, 0.3) is 0 Å². The number of nitrogens with one attached hydrogen (secondary N) is 1. The summed E-state index contributed by atoms with van der Waals surface area (Å²) in [5.74, 6) is 0.250. The van der Waals surface area contributed by atoms with Gasteiger partial charge >= 0.3 is 12.1 Å². The van der Waals surface area contributed by atoms with Crippen LogP contribution >= 0.6 is 12.6 Å². The highest BCUT2D eigenvalue weighted by Crippen LogP contribution is 2.06. The van der Waals surface area contributed by atoms with E-state index >= 15 is 0 Å². The molecular weight excluding hydrogens is 230 g/mol. The maximum absolute atomic E-state index is 11.1. The molecule has 0 aromatic rings. The number of hydroxylamine groups is 1. The monoisotopic (exact) mass is 249 g/mol. The van der Waals surface area contributed by atoms with Crippen molar-refractivity contribution in [3.05, 3.63) is 0 Å². The number of hydrogen-bond acceptors (Lipinski definition) is 5. The molecular formula is C10H19NO4S. The van der Waals surface area contributed by atoms with Crippen LogP contribution in [-0.2, 0) is 14.4 Å². The summed E-state index contributed by atoms with van der Waals surface area (Å²) in [6.07, 6.45) is 1.02. The number of ether oxygens (including phenoxy) is 1. The molecule has 5 nitrogen and oxygen atoms in total. The van der Waals surface area contributed by atoms with Crippen LogP contribution in [0, 0.1) is 0 Å². The minimum atomic E-state index is -0.768. The van der Waals surface area contributed by atoms with Crippen LogP contribution in [0.2, 0.25) is 0 Å². The lowest BCUT2D eigenvalue weighted by molar-refractivity contribution is -0.150. The van der Waals surface area contributed by atoms with Gasteiger partial charge in [0.25, 0.3) is 0 Å². The summed E-state index contributed by atoms with van der Waals surface area (Å²) in [7, 11) is 0. The Morgan fingerprint density at radius 1 is 1.25 bits per heavy atom. The van der Waals surface area contributed by atoms with E-state index in [-0.39, 0.29) is 6.42 Å². The topological polar surface area (TPSA) is 64.6 Å². The standard InChI is InChI=1S/C10H19NO4S/c1-10(2,3)14-9(13)11-15-8(12)6-4-5-7-16/h16H,4-7H2,1-3H3,(H,11,13). The Balaban J connectivity index is 3.63. The zero-order valence-electron chi connectivity index (χ0n) is 9.91. The Morgan fingerprint density at radius 3 is 2.38 bits per heavy atom. The van der Waals surface area contributed by atoms with Crippen LogP contribution in [0.15, 0.2) is 0 Å². The molecule has 0 saturated carbocycles. The van der Waals surface area contributed by atoms with Crippen LogP contribution in [-0.4, -0.2) is 23.4 Å². The minimum Gasteiger partial charge on any atom is -0.442 e. The molecule has 0 aromatic carbocycles. The Kier molecular flexibility index (Phi) is 6.96. The van der Waals surface area contributed by atoms with Crippen LogP contribution in [0.3, 0.4) is 0 Å². The molecule has 0 bridgehead atoms. The zero-order chi connectivity index (χ0) is 12.6. The zero-order valence-corrected chi connectivity index (χ0v) is 10.8. The van der Waals surface area contributed by atoms with Gasteiger partial charge in [-0.15, -0.1) is 5.48 Å². The molecule has 94 valence electrons. The molecule has 0 aliphatic carbocycles. The average Bonchev–Trinajstić information content (AvgIpc) is 2.12. The summed E-state index contributed by atoms with van der Waals surface area (Å²) in [5, 5.41) is 0. The van der Waals surface area contributed by atoms with E-state index in [0.29, 0.717) is 6.42 Å². The van der Waals surface area contributed by atoms with Crippen molar-refractivity contribution < 1.29 is 19.2 Å². The summed E-state index contributed by atoms with van der Waals surface area (Å²) < 4.78 is 4.87. The second kappa shape index (κ2) is 7.38. The van der Waals surface area contributed by atoms with Gasteiger partial charge in [-0.3, -0.25) is 0 Å². The van der Waals surface area contributed by atoms with Crippen LogP contribution in [0.5, 0.6) is 0 Å². The molecule has 16 heavy (non-hydrogen) atoms. The third-order valence-corrected chi connectivity index (χ3v) is 1.75. The first-order chi connectivity index (χ1) is 7.35. The lowest BCUT2D eigenvalue weighted by atomic mass is 10.2. The fraction of sp³-hybridized carbons (Fsp3) is 0.800. The van der Waals surface area contributed by atoms with Gasteiger partial charge in [0.2, 0.25) is 0 Å². The molecule has 0 unspecified atom stereocenters. The minimum absolute atomic E-state index is 0.260. The number of hydrogen-bond donors (Lipinski definition) is 2. The van der Waals surface area contributed by atoms with Gasteiger partial charge < -0.3 is 9.57 Å². The molecule has 1 amide bonds. The quantitative estimate of drug-likeness (QED) is 0.455. The Bertz CT molecular complexity index is 237. The summed E-state index contributed by atoms with van der Waals surface area (Å²) in [4.78, 5) is 26.6. The molecule has 0 aliphatic heterocycles. The van der Waals surface area contributed by atoms with Crippen molar-refractivity contribution in [2.75, 3.05) is 5.75 Å². The number of thiol groups is 1. The number of carbonyl (C=O) groups excluding carboxylic acids is 2. The molecule has 0 aromatic heterocycles. The summed E-state index contributed by atoms with van der Waals surface area (Å²) >= 11 is 4.01. The van der Waals surface area contributed by atoms with Crippen molar-refractivity contribution in [1.82, 2.24) is 5.48 Å². The fourth-order valence-electron chi connectivity index (χ4n) is 0.830. The first kappa shape index (κ1) is 15.1. The summed E-state index contributed by atoms with van der Waals surface area (Å²) in [6, 6.07) is 0. The van der Waals surface area contributed by atoms with Crippen molar-refractivity contribution >= 4 is 24.7 Å². The fourth-order valence-corrected chi connectivity index (χ4v) is 1.05. The lowest BCUT2D eigenvalue weighted by Gasteiger charge is -2.19. The smallest absolute Gasteiger partial charge is 0.441 e. The molecule has 0 rings (SSSR count). The second-order valence-electron chi connectivity index (χ2n) is 4.26. The maximum Gasteiger partial charge on any atom is 0.441 e. The van der Waals surface area contributed by atoms with Gasteiger partial charge in [-0.2, -0.15) is 12.6 Å². The van der Waals surface area contributed by atoms with Crippen LogP contribution in [0.1, 0.15) is 40.0 Å². The number of rotatable bonds is 4. The van der Waals surface area contributed by atoms with E-state index < -0.39 is 17.7 Å². The molecule has 0 heterocycles. The molecule has 0 spiro atoms. The molecule has 0 fully saturated rings. The van der Waals surface area contributed by atoms with E-state index in [1.54, 1.807) is 20.8 Å². The van der Waals surface area contributed by atoms with E-state index in [9.17, 15) is 9.59 Å². The van der Waals surface area contributed by atoms with Gasteiger partial charge in [-0.25, -0.2) is 9.59 Å². The van der Waals surface area contributed by atoms with Gasteiger partial charge in [-0.05, 0) is 39.4 Å². The predicted molar refractivity (Wildman–Crippen MR) is 63.2 cm³/mol. The van der Waals surface area contributed by atoms with E-state index in [0.717, 1.165) is 12.2 Å². The molecule has 0 aliphatic rings. The first-order valence-electron chi connectivity index (χ1n) is 5.14. The summed E-state index contributed by atoms with van der Waals surface area (Å²) in [6.45, 7) is 5.17. The molecule has 1 N–H and O–H groups in total. The second-order valence-corrected chi connectivity index (χ2v) is 4.71. The first-order valence-corrected chi connectivity index (χ1v) is 5.78. The van der Waals surface area contributed by atoms with Crippen molar-refractivity contribution in [2.24, 2.45) is 0 Å². The molecule has 6 heteroatoms. The van der Waals surface area contributed by atoms with E-state index in [1.165, 1.54) is 0 Å². The van der Waals surface area contributed by atoms with E-state index in [4.69, 9.17) is 4.74 Å². The highest BCUT2D eigenvalue weighted by atomic mass is 32.1. The number of unbranched alkanes of at least 4 members (excludes halogenated alkanes) is 1. The van der Waals surface area contributed by atoms with Crippen molar-refractivity contribution in [1.29, 1.82) is 0 Å². The van der Waals surface area contributed by atoms with Crippen molar-refractivity contribution in [2.45, 2.75) is 45.6 Å². The Labute approximate surface area is 101 Å². The largest absolute Gasteiger partial charge is 0.442 e. The highest BCUT2D eigenvalue weighted by molar-refractivity contribution is 7.80. The normalized spacial score (nSPS) is 10.8. The maximum atomic E-state index is 11.1. The van der Waals surface area contributed by atoms with Crippen molar-refractivity contribution in [3.8, 4) is 0 Å². The van der Waals surface area contributed by atoms with Crippen LogP contribution < -0.4 is 5.48 Å². The Hall–Kier alpha value is -0.910. The van der Waals surface area contributed by atoms with E-state index in [1.807, 2.05) is 5.48 Å². The predicted octanol–water partition coefficient (Wildman–Crippen LogP) is 2.07.